The van der Waals surface area contributed by atoms with Crippen LogP contribution in [-0.4, -0.2) is 25.8 Å². The molecule has 1 aromatic carbocycles. The van der Waals surface area contributed by atoms with Gasteiger partial charge in [0.15, 0.2) is 0 Å². The molecule has 1 aliphatic rings. The molecule has 1 atom stereocenters. The van der Waals surface area contributed by atoms with Crippen LogP contribution in [0.25, 0.3) is 0 Å². The number of hydrogen-bond acceptors (Lipinski definition) is 3. The molecule has 1 aromatic rings. The van der Waals surface area contributed by atoms with Gasteiger partial charge in [0.1, 0.15) is 0 Å². The Hall–Kier alpha value is -1.06. The van der Waals surface area contributed by atoms with E-state index in [2.05, 4.69) is 36.1 Å². The molecule has 0 aliphatic carbocycles. The standard InChI is InChI=1S/C12H18N2O/c1-10-9-15-7-6-14(10)12-4-2-11(8-13)3-5-12/h2-5,10H,6-9,13H2,1H3. The smallest absolute Gasteiger partial charge is 0.0668 e. The first kappa shape index (κ1) is 10.5. The lowest BCUT2D eigenvalue weighted by atomic mass is 10.1. The number of rotatable bonds is 2. The molecule has 0 amide bonds. The molecule has 1 heterocycles. The fraction of sp³-hybridized carbons (Fsp3) is 0.500. The molecule has 15 heavy (non-hydrogen) atoms. The van der Waals surface area contributed by atoms with Crippen molar-refractivity contribution in [3.8, 4) is 0 Å². The van der Waals surface area contributed by atoms with E-state index < -0.39 is 0 Å². The molecule has 0 radical (unpaired) electrons. The van der Waals surface area contributed by atoms with Gasteiger partial charge in [0, 0.05) is 24.8 Å². The van der Waals surface area contributed by atoms with Crippen molar-refractivity contribution < 1.29 is 4.74 Å². The molecule has 3 nitrogen and oxygen atoms in total. The Morgan fingerprint density at radius 1 is 1.40 bits per heavy atom. The monoisotopic (exact) mass is 206 g/mol. The van der Waals surface area contributed by atoms with Crippen LogP contribution >= 0.6 is 0 Å². The lowest BCUT2D eigenvalue weighted by molar-refractivity contribution is 0.0989. The molecule has 82 valence electrons. The molecule has 2 N–H and O–H groups in total. The lowest BCUT2D eigenvalue weighted by Gasteiger charge is -2.35. The van der Waals surface area contributed by atoms with Crippen LogP contribution in [0.3, 0.4) is 0 Å². The minimum atomic E-state index is 0.461. The van der Waals surface area contributed by atoms with E-state index in [1.54, 1.807) is 0 Å². The summed E-state index contributed by atoms with van der Waals surface area (Å²) in [5.74, 6) is 0. The summed E-state index contributed by atoms with van der Waals surface area (Å²) in [6.07, 6.45) is 0. The second-order valence-corrected chi connectivity index (χ2v) is 3.99. The van der Waals surface area contributed by atoms with Crippen LogP contribution in [0.15, 0.2) is 24.3 Å². The molecular formula is C12H18N2O. The fourth-order valence-electron chi connectivity index (χ4n) is 1.93. The van der Waals surface area contributed by atoms with Gasteiger partial charge in [-0.15, -0.1) is 0 Å². The number of morpholine rings is 1. The summed E-state index contributed by atoms with van der Waals surface area (Å²) in [6.45, 7) is 5.42. The molecule has 0 aromatic heterocycles. The molecule has 3 heteroatoms. The molecule has 0 spiro atoms. The Kier molecular flexibility index (Phi) is 3.23. The van der Waals surface area contributed by atoms with Gasteiger partial charge in [-0.1, -0.05) is 12.1 Å². The quantitative estimate of drug-likeness (QED) is 0.794. The molecule has 1 aliphatic heterocycles. The van der Waals surface area contributed by atoms with Crippen molar-refractivity contribution in [2.24, 2.45) is 5.73 Å². The van der Waals surface area contributed by atoms with Gasteiger partial charge in [-0.05, 0) is 24.6 Å². The van der Waals surface area contributed by atoms with E-state index in [1.165, 1.54) is 11.3 Å². The van der Waals surface area contributed by atoms with Crippen molar-refractivity contribution >= 4 is 5.69 Å². The summed E-state index contributed by atoms with van der Waals surface area (Å²) in [5.41, 5.74) is 8.02. The van der Waals surface area contributed by atoms with Gasteiger partial charge >= 0.3 is 0 Å². The second-order valence-electron chi connectivity index (χ2n) is 3.99. The van der Waals surface area contributed by atoms with Crippen molar-refractivity contribution in [1.29, 1.82) is 0 Å². The third-order valence-electron chi connectivity index (χ3n) is 2.87. The number of benzene rings is 1. The van der Waals surface area contributed by atoms with E-state index in [4.69, 9.17) is 10.5 Å². The Labute approximate surface area is 90.8 Å². The van der Waals surface area contributed by atoms with Crippen molar-refractivity contribution in [3.05, 3.63) is 29.8 Å². The van der Waals surface area contributed by atoms with Gasteiger partial charge in [-0.3, -0.25) is 0 Å². The fourth-order valence-corrected chi connectivity index (χ4v) is 1.93. The van der Waals surface area contributed by atoms with E-state index in [9.17, 15) is 0 Å². The summed E-state index contributed by atoms with van der Waals surface area (Å²) in [6, 6.07) is 8.94. The largest absolute Gasteiger partial charge is 0.377 e. The van der Waals surface area contributed by atoms with Crippen molar-refractivity contribution in [3.63, 3.8) is 0 Å². The van der Waals surface area contributed by atoms with E-state index in [-0.39, 0.29) is 0 Å². The second kappa shape index (κ2) is 4.64. The zero-order valence-corrected chi connectivity index (χ0v) is 9.15. The van der Waals surface area contributed by atoms with Crippen molar-refractivity contribution in [2.45, 2.75) is 19.5 Å². The van der Waals surface area contributed by atoms with Gasteiger partial charge in [-0.2, -0.15) is 0 Å². The zero-order chi connectivity index (χ0) is 10.7. The average Bonchev–Trinajstić information content (AvgIpc) is 2.30. The summed E-state index contributed by atoms with van der Waals surface area (Å²) < 4.78 is 5.42. The van der Waals surface area contributed by atoms with E-state index >= 15 is 0 Å². The topological polar surface area (TPSA) is 38.5 Å². The maximum absolute atomic E-state index is 5.57. The number of hydrogen-bond donors (Lipinski definition) is 1. The molecule has 1 unspecified atom stereocenters. The first-order valence-electron chi connectivity index (χ1n) is 5.44. The Bertz CT molecular complexity index is 310. The summed E-state index contributed by atoms with van der Waals surface area (Å²) in [5, 5.41) is 0. The SMILES string of the molecule is CC1COCCN1c1ccc(CN)cc1. The first-order chi connectivity index (χ1) is 7.31. The predicted molar refractivity (Wildman–Crippen MR) is 62.0 cm³/mol. The van der Waals surface area contributed by atoms with E-state index in [1.807, 2.05) is 0 Å². The molecule has 0 bridgehead atoms. The average molecular weight is 206 g/mol. The van der Waals surface area contributed by atoms with Gasteiger partial charge in [0.2, 0.25) is 0 Å². The molecule has 1 fully saturated rings. The highest BCUT2D eigenvalue weighted by Crippen LogP contribution is 2.19. The first-order valence-corrected chi connectivity index (χ1v) is 5.44. The normalized spacial score (nSPS) is 21.7. The van der Waals surface area contributed by atoms with Crippen LogP contribution in [-0.2, 0) is 11.3 Å². The highest BCUT2D eigenvalue weighted by molar-refractivity contribution is 5.48. The number of ether oxygens (including phenoxy) is 1. The molecule has 1 saturated heterocycles. The number of anilines is 1. The van der Waals surface area contributed by atoms with Crippen LogP contribution in [0.1, 0.15) is 12.5 Å². The van der Waals surface area contributed by atoms with E-state index in [0.717, 1.165) is 19.8 Å². The van der Waals surface area contributed by atoms with Gasteiger partial charge < -0.3 is 15.4 Å². The third kappa shape index (κ3) is 2.30. The van der Waals surface area contributed by atoms with Crippen LogP contribution in [0.4, 0.5) is 5.69 Å². The number of nitrogens with zero attached hydrogens (tertiary/aromatic N) is 1. The minimum Gasteiger partial charge on any atom is -0.377 e. The lowest BCUT2D eigenvalue weighted by Crippen LogP contribution is -2.43. The van der Waals surface area contributed by atoms with Crippen molar-refractivity contribution in [2.75, 3.05) is 24.7 Å². The van der Waals surface area contributed by atoms with Gasteiger partial charge in [0.05, 0.1) is 13.2 Å². The zero-order valence-electron chi connectivity index (χ0n) is 9.15. The summed E-state index contributed by atoms with van der Waals surface area (Å²) in [7, 11) is 0. The van der Waals surface area contributed by atoms with Crippen LogP contribution < -0.4 is 10.6 Å². The summed E-state index contributed by atoms with van der Waals surface area (Å²) >= 11 is 0. The number of nitrogens with two attached hydrogens (primary N) is 1. The van der Waals surface area contributed by atoms with Crippen LogP contribution in [0, 0.1) is 0 Å². The van der Waals surface area contributed by atoms with E-state index in [0.29, 0.717) is 12.6 Å². The Morgan fingerprint density at radius 2 is 2.13 bits per heavy atom. The highest BCUT2D eigenvalue weighted by atomic mass is 16.5. The summed E-state index contributed by atoms with van der Waals surface area (Å²) in [4.78, 5) is 2.38. The highest BCUT2D eigenvalue weighted by Gasteiger charge is 2.18. The Balaban J connectivity index is 2.13. The Morgan fingerprint density at radius 3 is 2.73 bits per heavy atom. The third-order valence-corrected chi connectivity index (χ3v) is 2.87. The van der Waals surface area contributed by atoms with Crippen LogP contribution in [0.5, 0.6) is 0 Å². The molecule has 2 rings (SSSR count). The van der Waals surface area contributed by atoms with Crippen LogP contribution in [0.2, 0.25) is 0 Å². The maximum Gasteiger partial charge on any atom is 0.0668 e. The minimum absolute atomic E-state index is 0.461. The molecule has 0 saturated carbocycles. The maximum atomic E-state index is 5.57. The van der Waals surface area contributed by atoms with Crippen molar-refractivity contribution in [1.82, 2.24) is 0 Å². The van der Waals surface area contributed by atoms with Gasteiger partial charge in [-0.25, -0.2) is 0 Å². The predicted octanol–water partition coefficient (Wildman–Crippen LogP) is 1.37. The van der Waals surface area contributed by atoms with Gasteiger partial charge in [0.25, 0.3) is 0 Å². The molecular weight excluding hydrogens is 188 g/mol.